The highest BCUT2D eigenvalue weighted by atomic mass is 28.4. The molecule has 0 saturated carbocycles. The Kier molecular flexibility index (Phi) is 18.6. The molecule has 2 aliphatic rings. The summed E-state index contributed by atoms with van der Waals surface area (Å²) in [5.41, 5.74) is 1.59. The maximum atomic E-state index is 14.6. The van der Waals surface area contributed by atoms with Crippen molar-refractivity contribution in [3.63, 3.8) is 0 Å². The molecule has 0 unspecified atom stereocenters. The first-order chi connectivity index (χ1) is 32.8. The predicted octanol–water partition coefficient (Wildman–Crippen LogP) is 6.99. The van der Waals surface area contributed by atoms with Crippen LogP contribution in [0.15, 0.2) is 109 Å². The van der Waals surface area contributed by atoms with Gasteiger partial charge in [-0.15, -0.1) is 0 Å². The lowest BCUT2D eigenvalue weighted by Gasteiger charge is -2.44. The fraction of sp³-hybridized carbons (Fsp3) is 0.473. The Bertz CT molecular complexity index is 2230. The van der Waals surface area contributed by atoms with Gasteiger partial charge in [0.25, 0.3) is 8.32 Å². The Morgan fingerprint density at radius 1 is 0.647 bits per heavy atom. The largest absolute Gasteiger partial charge is 0.494 e. The Hall–Kier alpha value is -5.79. The molecule has 0 spiro atoms. The summed E-state index contributed by atoms with van der Waals surface area (Å²) >= 11 is 0. The van der Waals surface area contributed by atoms with Crippen LogP contribution < -0.4 is 35.8 Å². The van der Waals surface area contributed by atoms with Gasteiger partial charge in [-0.2, -0.15) is 0 Å². The minimum atomic E-state index is -2.96. The van der Waals surface area contributed by atoms with E-state index in [0.29, 0.717) is 76.2 Å². The highest BCUT2D eigenvalue weighted by molar-refractivity contribution is 6.99. The molecule has 2 fully saturated rings. The number of amides is 4. The van der Waals surface area contributed by atoms with Gasteiger partial charge in [0.1, 0.15) is 41.8 Å². The number of ether oxygens (including phenoxy) is 2. The number of unbranched alkanes of at least 4 members (excludes halogenated alkanes) is 2. The van der Waals surface area contributed by atoms with E-state index in [0.717, 1.165) is 27.9 Å². The molecule has 4 aromatic rings. The summed E-state index contributed by atoms with van der Waals surface area (Å²) in [6.45, 7) is 13.8. The van der Waals surface area contributed by atoms with E-state index in [4.69, 9.17) is 13.9 Å². The molecule has 3 N–H and O–H groups in total. The number of rotatable bonds is 20. The van der Waals surface area contributed by atoms with E-state index in [9.17, 15) is 24.0 Å². The van der Waals surface area contributed by atoms with Crippen LogP contribution in [0.25, 0.3) is 0 Å². The fourth-order valence-electron chi connectivity index (χ4n) is 9.67. The molecule has 4 aromatic carbocycles. The Morgan fingerprint density at radius 2 is 1.16 bits per heavy atom. The van der Waals surface area contributed by atoms with Gasteiger partial charge in [-0.1, -0.05) is 125 Å². The smallest absolute Gasteiger partial charge is 0.262 e. The lowest BCUT2D eigenvalue weighted by Crippen LogP contribution is -2.68. The van der Waals surface area contributed by atoms with Crippen molar-refractivity contribution in [1.82, 2.24) is 20.9 Å². The number of nitrogens with one attached hydrogen (secondary N) is 3. The average Bonchev–Trinajstić information content (AvgIpc) is 3.34. The molecule has 0 aromatic heterocycles. The standard InChI is InChI=1S/C55H72N4O8Si/c1-7-50(67-68(55(4,5)6,43-21-13-10-14-22-43)44-23-15-11-16-24-44)49(60)27-18-12-17-25-45-51(61)57-46(37-39-28-32-41(33-29-39)65-8-2)52(62)58-47(38-40-30-34-42(35-31-40)66-9-3)54(64)59-36-20-19-26-48(59)53(63)56-45/h10-11,13-16,21-24,28-35,45-48,50H,7-9,12,17-20,25-27,36-38H2,1-6H3,(H,56,63)(H,57,61)(H,58,62)/t45-,46-,47-,48+,50+/m0/s1. The van der Waals surface area contributed by atoms with E-state index in [1.165, 1.54) is 0 Å². The molecule has 12 nitrogen and oxygen atoms in total. The van der Waals surface area contributed by atoms with E-state index in [-0.39, 0.29) is 36.0 Å². The first-order valence-corrected chi connectivity index (χ1v) is 26.6. The Labute approximate surface area is 404 Å². The zero-order valence-electron chi connectivity index (χ0n) is 40.9. The van der Waals surface area contributed by atoms with E-state index >= 15 is 0 Å². The first kappa shape index (κ1) is 51.6. The molecule has 5 atom stereocenters. The van der Waals surface area contributed by atoms with Gasteiger partial charge in [-0.05, 0) is 103 Å². The van der Waals surface area contributed by atoms with Crippen LogP contribution >= 0.6 is 0 Å². The van der Waals surface area contributed by atoms with Crippen LogP contribution in [0.2, 0.25) is 5.04 Å². The van der Waals surface area contributed by atoms with Crippen molar-refractivity contribution >= 4 is 48.1 Å². The van der Waals surface area contributed by atoms with Crippen LogP contribution in [0, 0.1) is 0 Å². The molecule has 4 amide bonds. The van der Waals surface area contributed by atoms with Crippen LogP contribution in [0.1, 0.15) is 110 Å². The zero-order chi connectivity index (χ0) is 48.7. The van der Waals surface area contributed by atoms with Crippen LogP contribution in [0.5, 0.6) is 11.5 Å². The highest BCUT2D eigenvalue weighted by Crippen LogP contribution is 2.38. The molecule has 0 bridgehead atoms. The van der Waals surface area contributed by atoms with Crippen molar-refractivity contribution in [3.8, 4) is 11.5 Å². The number of hydrogen-bond donors (Lipinski definition) is 3. The van der Waals surface area contributed by atoms with Gasteiger partial charge in [-0.3, -0.25) is 24.0 Å². The number of piperidine rings is 1. The second-order valence-electron chi connectivity index (χ2n) is 19.0. The monoisotopic (exact) mass is 945 g/mol. The lowest BCUT2D eigenvalue weighted by molar-refractivity contribution is -0.146. The maximum absolute atomic E-state index is 14.6. The number of Topliss-reactive ketones (excluding diaryl/α,β-unsaturated/α-hetero) is 1. The molecular formula is C55H72N4O8Si. The molecule has 2 saturated heterocycles. The van der Waals surface area contributed by atoms with Gasteiger partial charge in [-0.25, -0.2) is 0 Å². The third-order valence-corrected chi connectivity index (χ3v) is 18.2. The maximum Gasteiger partial charge on any atom is 0.262 e. The summed E-state index contributed by atoms with van der Waals surface area (Å²) in [4.78, 5) is 73.4. The van der Waals surface area contributed by atoms with Crippen LogP contribution in [-0.2, 0) is 41.2 Å². The third-order valence-electron chi connectivity index (χ3n) is 13.2. The number of carbonyl (C=O) groups is 5. The van der Waals surface area contributed by atoms with Gasteiger partial charge >= 0.3 is 0 Å². The summed E-state index contributed by atoms with van der Waals surface area (Å²) in [5.74, 6) is -0.298. The fourth-order valence-corrected chi connectivity index (χ4v) is 14.4. The molecular weight excluding hydrogens is 873 g/mol. The molecule has 68 heavy (non-hydrogen) atoms. The molecule has 2 aliphatic heterocycles. The van der Waals surface area contributed by atoms with Crippen LogP contribution in [0.3, 0.4) is 0 Å². The third kappa shape index (κ3) is 13.0. The molecule has 0 radical (unpaired) electrons. The zero-order valence-corrected chi connectivity index (χ0v) is 41.9. The summed E-state index contributed by atoms with van der Waals surface area (Å²) in [5, 5.41) is 11.0. The topological polar surface area (TPSA) is 152 Å². The molecule has 6 rings (SSSR count). The van der Waals surface area contributed by atoms with Gasteiger partial charge in [0.15, 0.2) is 5.78 Å². The normalized spacial score (nSPS) is 19.9. The molecule has 0 aliphatic carbocycles. The SMILES string of the molecule is CCOc1ccc(C[C@@H]2NC(=O)[C@H](CCCCCC(=O)[C@@H](CC)O[Si](c3ccccc3)(c3ccccc3)C(C)(C)C)NC(=O)[C@H]3CCCCN3C(=O)[C@H](Cc3ccc(OCC)cc3)NC2=O)cc1. The van der Waals surface area contributed by atoms with E-state index in [2.05, 4.69) is 61.0 Å². The number of nitrogens with zero attached hydrogens (tertiary/aromatic N) is 1. The Morgan fingerprint density at radius 3 is 1.69 bits per heavy atom. The Balaban J connectivity index is 1.19. The predicted molar refractivity (Wildman–Crippen MR) is 269 cm³/mol. The van der Waals surface area contributed by atoms with Crippen LogP contribution in [0.4, 0.5) is 0 Å². The molecule has 13 heteroatoms. The highest BCUT2D eigenvalue weighted by Gasteiger charge is 2.52. The van der Waals surface area contributed by atoms with E-state index in [1.807, 2.05) is 106 Å². The second-order valence-corrected chi connectivity index (χ2v) is 23.3. The number of fused-ring (bicyclic) bond motifs is 1. The van der Waals surface area contributed by atoms with Crippen molar-refractivity contribution in [2.45, 2.75) is 147 Å². The minimum absolute atomic E-state index is 0.0450. The number of hydrogen-bond acceptors (Lipinski definition) is 8. The van der Waals surface area contributed by atoms with Crippen molar-refractivity contribution in [1.29, 1.82) is 0 Å². The van der Waals surface area contributed by atoms with Gasteiger partial charge < -0.3 is 34.8 Å². The van der Waals surface area contributed by atoms with Crippen molar-refractivity contribution in [2.75, 3.05) is 19.8 Å². The van der Waals surface area contributed by atoms with Crippen molar-refractivity contribution in [3.05, 3.63) is 120 Å². The quantitative estimate of drug-likeness (QED) is 0.0634. The summed E-state index contributed by atoms with van der Waals surface area (Å²) in [7, 11) is -2.96. The van der Waals surface area contributed by atoms with Crippen molar-refractivity contribution < 1.29 is 37.9 Å². The molecule has 2 heterocycles. The van der Waals surface area contributed by atoms with Gasteiger partial charge in [0, 0.05) is 25.8 Å². The van der Waals surface area contributed by atoms with Crippen LogP contribution in [-0.4, -0.2) is 92.7 Å². The van der Waals surface area contributed by atoms with E-state index < -0.39 is 56.3 Å². The first-order valence-electron chi connectivity index (χ1n) is 24.7. The summed E-state index contributed by atoms with van der Waals surface area (Å²) < 4.78 is 18.5. The lowest BCUT2D eigenvalue weighted by atomic mass is 9.96. The minimum Gasteiger partial charge on any atom is -0.494 e. The summed E-state index contributed by atoms with van der Waals surface area (Å²) in [6.07, 6.45) is 4.46. The van der Waals surface area contributed by atoms with Gasteiger partial charge in [0.2, 0.25) is 23.6 Å². The molecule has 364 valence electrons. The summed E-state index contributed by atoms with van der Waals surface area (Å²) in [6, 6.07) is 31.5. The average molecular weight is 945 g/mol. The number of ketones is 1. The number of carbonyl (C=O) groups excluding carboxylic acids is 5. The van der Waals surface area contributed by atoms with Crippen molar-refractivity contribution in [2.24, 2.45) is 0 Å². The van der Waals surface area contributed by atoms with E-state index in [1.54, 1.807) is 4.90 Å². The van der Waals surface area contributed by atoms with Gasteiger partial charge in [0.05, 0.1) is 13.2 Å². The number of benzene rings is 4. The second kappa shape index (κ2) is 24.5.